The summed E-state index contributed by atoms with van der Waals surface area (Å²) in [5.41, 5.74) is -0.830. The number of nitrogens with one attached hydrogen (secondary N) is 2. The summed E-state index contributed by atoms with van der Waals surface area (Å²) in [5.74, 6) is -0.947. The number of carbonyl (C=O) groups is 1. The fraction of sp³-hybridized carbons (Fsp3) is 0.100. The van der Waals surface area contributed by atoms with Gasteiger partial charge in [-0.2, -0.15) is 11.3 Å². The molecule has 0 radical (unpaired) electrons. The minimum absolute atomic E-state index is 0.523. The van der Waals surface area contributed by atoms with Crippen molar-refractivity contribution in [3.05, 3.63) is 44.8 Å². The topological polar surface area (TPSA) is 79.9 Å². The number of halogens is 1. The summed E-state index contributed by atoms with van der Waals surface area (Å²) in [4.78, 5) is 23.5. The smallest absolute Gasteiger partial charge is 0.306 e. The molecule has 0 saturated heterocycles. The highest BCUT2D eigenvalue weighted by molar-refractivity contribution is 7.08. The van der Waals surface area contributed by atoms with Crippen molar-refractivity contribution >= 4 is 23.1 Å². The van der Waals surface area contributed by atoms with Crippen molar-refractivity contribution in [3.63, 3.8) is 0 Å². The molecule has 0 unspecified atom stereocenters. The van der Waals surface area contributed by atoms with Crippen LogP contribution in [0.15, 0.2) is 27.8 Å². The first-order valence-electron chi connectivity index (χ1n) is 4.87. The highest BCUT2D eigenvalue weighted by Gasteiger charge is 2.12. The third-order valence-electron chi connectivity index (χ3n) is 2.29. The molecule has 0 aromatic carbocycles. The summed E-state index contributed by atoms with van der Waals surface area (Å²) in [6, 6.07) is 0.885. The molecule has 0 aliphatic carbocycles. The Balaban J connectivity index is 2.43. The van der Waals surface area contributed by atoms with Crippen LogP contribution in [0.5, 0.6) is 0 Å². The third kappa shape index (κ3) is 2.09. The third-order valence-corrected chi connectivity index (χ3v) is 2.97. The van der Waals surface area contributed by atoms with Gasteiger partial charge in [-0.15, -0.1) is 0 Å². The van der Waals surface area contributed by atoms with Crippen LogP contribution in [-0.2, 0) is 7.05 Å². The fourth-order valence-electron chi connectivity index (χ4n) is 1.31. The van der Waals surface area contributed by atoms with Crippen molar-refractivity contribution in [2.75, 3.05) is 5.32 Å². The Morgan fingerprint density at radius 2 is 2.28 bits per heavy atom. The number of hydrogen-bond donors (Lipinski definition) is 2. The molecule has 2 aromatic heterocycles. The molecule has 2 N–H and O–H groups in total. The molecular weight excluding hydrogens is 259 g/mol. The largest absolute Gasteiger partial charge is 0.337 e. The van der Waals surface area contributed by atoms with E-state index in [0.717, 1.165) is 4.57 Å². The van der Waals surface area contributed by atoms with Crippen LogP contribution >= 0.6 is 11.3 Å². The summed E-state index contributed by atoms with van der Waals surface area (Å²) in [6.07, 6.45) is 0.701. The second-order valence-corrected chi connectivity index (χ2v) is 4.26. The number of hydrogen-bond acceptors (Lipinski definition) is 4. The minimum Gasteiger partial charge on any atom is -0.306 e. The van der Waals surface area contributed by atoms with Crippen molar-refractivity contribution in [2.45, 2.75) is 0 Å². The van der Waals surface area contributed by atoms with Gasteiger partial charge in [0.15, 0.2) is 11.3 Å². The van der Waals surface area contributed by atoms with E-state index in [1.807, 2.05) is 0 Å². The lowest BCUT2D eigenvalue weighted by Crippen LogP contribution is -2.43. The van der Waals surface area contributed by atoms with Crippen LogP contribution in [0.1, 0.15) is 0 Å². The quantitative estimate of drug-likeness (QED) is 0.807. The average molecular weight is 268 g/mol. The molecule has 0 saturated carbocycles. The zero-order valence-corrected chi connectivity index (χ0v) is 10.1. The van der Waals surface area contributed by atoms with Crippen molar-refractivity contribution in [3.8, 4) is 0 Å². The molecule has 2 heterocycles. The van der Waals surface area contributed by atoms with Crippen LogP contribution in [0.25, 0.3) is 0 Å². The fourth-order valence-corrected chi connectivity index (χ4v) is 1.90. The molecule has 6 nitrogen and oxygen atoms in total. The lowest BCUT2D eigenvalue weighted by Gasteiger charge is -2.07. The Labute approximate surface area is 104 Å². The molecule has 8 heteroatoms. The number of amides is 1. The van der Waals surface area contributed by atoms with Crippen LogP contribution in [-0.4, -0.2) is 15.2 Å². The molecule has 0 aliphatic heterocycles. The van der Waals surface area contributed by atoms with Crippen LogP contribution in [0, 0.1) is 11.2 Å². The molecule has 0 aliphatic rings. The van der Waals surface area contributed by atoms with E-state index >= 15 is 0 Å². The summed E-state index contributed by atoms with van der Waals surface area (Å²) in [7, 11) is 1.22. The number of anilines is 1. The molecule has 94 valence electrons. The number of carbonyl (C=O) groups excluding carboxylic acids is 1. The lowest BCUT2D eigenvalue weighted by molar-refractivity contribution is 0.251. The van der Waals surface area contributed by atoms with Gasteiger partial charge >= 0.3 is 11.7 Å². The van der Waals surface area contributed by atoms with E-state index in [9.17, 15) is 14.0 Å². The maximum Gasteiger partial charge on any atom is 0.337 e. The second-order valence-electron chi connectivity index (χ2n) is 3.48. The van der Waals surface area contributed by atoms with Gasteiger partial charge in [-0.1, -0.05) is 0 Å². The summed E-state index contributed by atoms with van der Waals surface area (Å²) >= 11 is 1.38. The molecule has 0 fully saturated rings. The van der Waals surface area contributed by atoms with Gasteiger partial charge < -0.3 is 5.32 Å². The highest BCUT2D eigenvalue weighted by Crippen LogP contribution is 2.11. The molecule has 0 atom stereocenters. The maximum absolute atomic E-state index is 13.3. The van der Waals surface area contributed by atoms with Gasteiger partial charge in [0.25, 0.3) is 0 Å². The van der Waals surface area contributed by atoms with Crippen LogP contribution in [0.3, 0.4) is 0 Å². The molecule has 18 heavy (non-hydrogen) atoms. The lowest BCUT2D eigenvalue weighted by atomic mass is 10.5. The van der Waals surface area contributed by atoms with Crippen molar-refractivity contribution in [2.24, 2.45) is 7.05 Å². The molecule has 2 aromatic rings. The second kappa shape index (κ2) is 4.57. The average Bonchev–Trinajstić information content (AvgIpc) is 2.83. The monoisotopic (exact) mass is 268 g/mol. The van der Waals surface area contributed by atoms with Crippen LogP contribution < -0.4 is 16.5 Å². The predicted molar refractivity (Wildman–Crippen MR) is 64.2 cm³/mol. The van der Waals surface area contributed by atoms with E-state index in [0.29, 0.717) is 16.5 Å². The van der Waals surface area contributed by atoms with E-state index in [1.54, 1.807) is 16.8 Å². The predicted octanol–water partition coefficient (Wildman–Crippen LogP) is 0.947. The molecule has 2 rings (SSSR count). The Morgan fingerprint density at radius 1 is 1.56 bits per heavy atom. The highest BCUT2D eigenvalue weighted by atomic mass is 32.1. The first-order valence-corrected chi connectivity index (χ1v) is 5.81. The Morgan fingerprint density at radius 3 is 2.89 bits per heavy atom. The van der Waals surface area contributed by atoms with Gasteiger partial charge in [-0.3, -0.25) is 9.98 Å². The summed E-state index contributed by atoms with van der Waals surface area (Å²) in [6.45, 7) is 0. The molecule has 0 bridgehead atoms. The Hall–Kier alpha value is -2.22. The zero-order chi connectivity index (χ0) is 13.3. The Kier molecular flexibility index (Phi) is 3.11. The van der Waals surface area contributed by atoms with Gasteiger partial charge in [0, 0.05) is 12.4 Å². The van der Waals surface area contributed by atoms with Gasteiger partial charge in [0.05, 0.1) is 11.9 Å². The molecule has 0 spiro atoms. The van der Waals surface area contributed by atoms with E-state index in [4.69, 9.17) is 5.41 Å². The SMILES string of the molecule is Cn1c(=N)c(F)cn(C(=O)Nc2ccsc2)c1=O. The minimum atomic E-state index is -0.947. The van der Waals surface area contributed by atoms with Gasteiger partial charge in [-0.05, 0) is 11.4 Å². The van der Waals surface area contributed by atoms with E-state index < -0.39 is 23.0 Å². The van der Waals surface area contributed by atoms with Crippen molar-refractivity contribution < 1.29 is 9.18 Å². The number of rotatable bonds is 1. The number of aromatic nitrogens is 2. The first kappa shape index (κ1) is 12.2. The number of thiophene rings is 1. The van der Waals surface area contributed by atoms with Crippen LogP contribution in [0.2, 0.25) is 0 Å². The van der Waals surface area contributed by atoms with Crippen LogP contribution in [0.4, 0.5) is 14.9 Å². The summed E-state index contributed by atoms with van der Waals surface area (Å²) < 4.78 is 14.7. The summed E-state index contributed by atoms with van der Waals surface area (Å²) in [5, 5.41) is 13.1. The maximum atomic E-state index is 13.3. The van der Waals surface area contributed by atoms with E-state index in [-0.39, 0.29) is 0 Å². The van der Waals surface area contributed by atoms with E-state index in [2.05, 4.69) is 5.32 Å². The normalized spacial score (nSPS) is 10.3. The molecule has 1 amide bonds. The first-order chi connectivity index (χ1) is 8.50. The standard InChI is InChI=1S/C10H9FN4O2S/c1-14-8(12)7(11)4-15(10(14)17)9(16)13-6-2-3-18-5-6/h2-5,12H,1H3,(H,13,16). The number of nitrogens with zero attached hydrogens (tertiary/aromatic N) is 2. The van der Waals surface area contributed by atoms with Gasteiger partial charge in [0.1, 0.15) is 0 Å². The van der Waals surface area contributed by atoms with Crippen molar-refractivity contribution in [1.29, 1.82) is 5.41 Å². The van der Waals surface area contributed by atoms with E-state index in [1.165, 1.54) is 18.4 Å². The molecular formula is C10H9FN4O2S. The van der Waals surface area contributed by atoms with Gasteiger partial charge in [-0.25, -0.2) is 18.5 Å². The zero-order valence-electron chi connectivity index (χ0n) is 9.31. The van der Waals surface area contributed by atoms with Crippen molar-refractivity contribution in [1.82, 2.24) is 9.13 Å². The Bertz CT molecular complexity index is 702. The van der Waals surface area contributed by atoms with Gasteiger partial charge in [0.2, 0.25) is 0 Å².